The third-order valence-corrected chi connectivity index (χ3v) is 3.49. The summed E-state index contributed by atoms with van der Waals surface area (Å²) in [6.07, 6.45) is 3.68. The van der Waals surface area contributed by atoms with Crippen molar-refractivity contribution >= 4 is 17.9 Å². The number of nitrogens with zero attached hydrogens (tertiary/aromatic N) is 1. The number of rotatable bonds is 5. The molecule has 20 heavy (non-hydrogen) atoms. The first-order valence-electron chi connectivity index (χ1n) is 6.89. The molecule has 0 spiro atoms. The number of hydrogen-bond donors (Lipinski definition) is 2. The maximum atomic E-state index is 11.5. The van der Waals surface area contributed by atoms with Gasteiger partial charge in [-0.1, -0.05) is 6.42 Å². The molecule has 1 saturated heterocycles. The van der Waals surface area contributed by atoms with Crippen molar-refractivity contribution in [2.24, 2.45) is 0 Å². The Kier molecular flexibility index (Phi) is 7.00. The summed E-state index contributed by atoms with van der Waals surface area (Å²) in [4.78, 5) is 36.0. The second-order valence-corrected chi connectivity index (χ2v) is 4.84. The van der Waals surface area contributed by atoms with Crippen molar-refractivity contribution in [3.05, 3.63) is 0 Å². The highest BCUT2D eigenvalue weighted by Crippen LogP contribution is 2.20. The van der Waals surface area contributed by atoms with Crippen LogP contribution in [0.15, 0.2) is 0 Å². The number of piperidine rings is 1. The molecule has 1 unspecified atom stereocenters. The van der Waals surface area contributed by atoms with Gasteiger partial charge in [0.15, 0.2) is 0 Å². The van der Waals surface area contributed by atoms with E-state index in [0.29, 0.717) is 13.0 Å². The van der Waals surface area contributed by atoms with Crippen LogP contribution in [0.2, 0.25) is 0 Å². The van der Waals surface area contributed by atoms with Gasteiger partial charge in [0.25, 0.3) is 0 Å². The van der Waals surface area contributed by atoms with Crippen LogP contribution in [0.25, 0.3) is 0 Å². The Morgan fingerprint density at radius 2 is 2.05 bits per heavy atom. The Bertz CT molecular complexity index is 360. The van der Waals surface area contributed by atoms with Gasteiger partial charge < -0.3 is 10.1 Å². The van der Waals surface area contributed by atoms with Crippen molar-refractivity contribution < 1.29 is 19.1 Å². The van der Waals surface area contributed by atoms with Crippen molar-refractivity contribution in [3.8, 4) is 0 Å². The first kappa shape index (κ1) is 16.4. The van der Waals surface area contributed by atoms with E-state index in [1.165, 1.54) is 14.2 Å². The minimum absolute atomic E-state index is 0.129. The van der Waals surface area contributed by atoms with Gasteiger partial charge in [0, 0.05) is 26.1 Å². The van der Waals surface area contributed by atoms with E-state index in [0.717, 1.165) is 25.8 Å². The molecule has 0 aromatic carbocycles. The lowest BCUT2D eigenvalue weighted by Gasteiger charge is -2.34. The van der Waals surface area contributed by atoms with E-state index in [1.54, 1.807) is 0 Å². The Morgan fingerprint density at radius 1 is 1.30 bits per heavy atom. The molecule has 1 heterocycles. The topological polar surface area (TPSA) is 87.7 Å². The zero-order valence-corrected chi connectivity index (χ0v) is 12.1. The summed E-state index contributed by atoms with van der Waals surface area (Å²) in [5, 5.41) is 4.56. The molecule has 1 aliphatic rings. The van der Waals surface area contributed by atoms with Crippen molar-refractivity contribution in [2.75, 3.05) is 27.2 Å². The second kappa shape index (κ2) is 8.52. The Labute approximate surface area is 119 Å². The molecular weight excluding hydrogens is 262 g/mol. The molecule has 7 nitrogen and oxygen atoms in total. The summed E-state index contributed by atoms with van der Waals surface area (Å²) >= 11 is 0. The van der Waals surface area contributed by atoms with Crippen LogP contribution in [-0.4, -0.2) is 56.1 Å². The number of hydrogen-bond acceptors (Lipinski definition) is 5. The number of imide groups is 1. The number of carbonyl (C=O) groups excluding carboxylic acids is 3. The average molecular weight is 285 g/mol. The molecule has 3 amide bonds. The zero-order chi connectivity index (χ0) is 15.0. The summed E-state index contributed by atoms with van der Waals surface area (Å²) < 4.78 is 4.70. The van der Waals surface area contributed by atoms with E-state index in [1.807, 2.05) is 0 Å². The highest BCUT2D eigenvalue weighted by atomic mass is 16.5. The van der Waals surface area contributed by atoms with Gasteiger partial charge in [0.2, 0.25) is 5.91 Å². The van der Waals surface area contributed by atoms with Gasteiger partial charge >= 0.3 is 12.0 Å². The predicted octanol–water partition coefficient (Wildman–Crippen LogP) is 0.250. The first-order valence-corrected chi connectivity index (χ1v) is 6.89. The van der Waals surface area contributed by atoms with E-state index >= 15 is 0 Å². The maximum absolute atomic E-state index is 11.5. The van der Waals surface area contributed by atoms with Gasteiger partial charge in [-0.25, -0.2) is 4.79 Å². The van der Waals surface area contributed by atoms with Gasteiger partial charge in [-0.2, -0.15) is 0 Å². The predicted molar refractivity (Wildman–Crippen MR) is 73.1 cm³/mol. The molecule has 1 fully saturated rings. The fourth-order valence-corrected chi connectivity index (χ4v) is 2.36. The van der Waals surface area contributed by atoms with Crippen molar-refractivity contribution in [1.29, 1.82) is 0 Å². The zero-order valence-electron chi connectivity index (χ0n) is 12.1. The molecule has 1 rings (SSSR count). The molecule has 0 saturated carbocycles. The monoisotopic (exact) mass is 285 g/mol. The normalized spacial score (nSPS) is 19.2. The van der Waals surface area contributed by atoms with Crippen LogP contribution < -0.4 is 10.6 Å². The summed E-state index contributed by atoms with van der Waals surface area (Å²) in [5.74, 6) is -0.538. The number of carbonyl (C=O) groups is 3. The lowest BCUT2D eigenvalue weighted by molar-refractivity contribution is -0.142. The number of likely N-dealkylation sites (tertiary alicyclic amines) is 1. The molecular formula is C13H23N3O4. The lowest BCUT2D eigenvalue weighted by atomic mass is 9.99. The highest BCUT2D eigenvalue weighted by Gasteiger charge is 2.25. The molecule has 114 valence electrons. The Morgan fingerprint density at radius 3 is 2.70 bits per heavy atom. The minimum atomic E-state index is -0.500. The molecule has 2 N–H and O–H groups in total. The van der Waals surface area contributed by atoms with E-state index in [9.17, 15) is 14.4 Å². The molecule has 0 aliphatic carbocycles. The Hall–Kier alpha value is -1.63. The van der Waals surface area contributed by atoms with Crippen LogP contribution in [0, 0.1) is 0 Å². The SMILES string of the molecule is CNC(=O)NC(=O)CCN1CCCCC1CC(=O)OC. The number of ether oxygens (including phenoxy) is 1. The minimum Gasteiger partial charge on any atom is -0.469 e. The van der Waals surface area contributed by atoms with Crippen molar-refractivity contribution in [3.63, 3.8) is 0 Å². The fourth-order valence-electron chi connectivity index (χ4n) is 2.36. The van der Waals surface area contributed by atoms with Crippen LogP contribution in [0.4, 0.5) is 4.79 Å². The quantitative estimate of drug-likeness (QED) is 0.707. The first-order chi connectivity index (χ1) is 9.56. The molecule has 7 heteroatoms. The molecule has 0 radical (unpaired) electrons. The van der Waals surface area contributed by atoms with E-state index in [2.05, 4.69) is 15.5 Å². The molecule has 0 bridgehead atoms. The van der Waals surface area contributed by atoms with E-state index < -0.39 is 6.03 Å². The second-order valence-electron chi connectivity index (χ2n) is 4.84. The van der Waals surface area contributed by atoms with Gasteiger partial charge in [0.1, 0.15) is 0 Å². The molecule has 1 aliphatic heterocycles. The third-order valence-electron chi connectivity index (χ3n) is 3.49. The van der Waals surface area contributed by atoms with Gasteiger partial charge in [0.05, 0.1) is 13.5 Å². The summed E-state index contributed by atoms with van der Waals surface area (Å²) in [7, 11) is 2.84. The van der Waals surface area contributed by atoms with Crippen LogP contribution in [0.3, 0.4) is 0 Å². The average Bonchev–Trinajstić information content (AvgIpc) is 2.46. The number of nitrogens with one attached hydrogen (secondary N) is 2. The molecule has 0 aromatic rings. The third kappa shape index (κ3) is 5.56. The highest BCUT2D eigenvalue weighted by molar-refractivity contribution is 5.94. The summed E-state index contributed by atoms with van der Waals surface area (Å²) in [5.41, 5.74) is 0. The number of amides is 3. The Balaban J connectivity index is 2.40. The number of esters is 1. The van der Waals surface area contributed by atoms with E-state index in [-0.39, 0.29) is 24.3 Å². The number of urea groups is 1. The van der Waals surface area contributed by atoms with Crippen LogP contribution >= 0.6 is 0 Å². The number of methoxy groups -OCH3 is 1. The van der Waals surface area contributed by atoms with E-state index in [4.69, 9.17) is 4.74 Å². The maximum Gasteiger partial charge on any atom is 0.321 e. The van der Waals surface area contributed by atoms with Crippen molar-refractivity contribution in [2.45, 2.75) is 38.1 Å². The largest absolute Gasteiger partial charge is 0.469 e. The van der Waals surface area contributed by atoms with Crippen LogP contribution in [0.1, 0.15) is 32.1 Å². The van der Waals surface area contributed by atoms with Crippen LogP contribution in [0.5, 0.6) is 0 Å². The molecule has 0 aromatic heterocycles. The standard InChI is InChI=1S/C13H23N3O4/c1-14-13(19)15-11(17)6-8-16-7-4-3-5-10(16)9-12(18)20-2/h10H,3-9H2,1-2H3,(H2,14,15,17,19). The molecule has 1 atom stereocenters. The summed E-state index contributed by atoms with van der Waals surface area (Å²) in [6, 6.07) is -0.372. The smallest absolute Gasteiger partial charge is 0.321 e. The van der Waals surface area contributed by atoms with Gasteiger partial charge in [-0.05, 0) is 19.4 Å². The van der Waals surface area contributed by atoms with Crippen molar-refractivity contribution in [1.82, 2.24) is 15.5 Å². The summed E-state index contributed by atoms with van der Waals surface area (Å²) in [6.45, 7) is 1.42. The van der Waals surface area contributed by atoms with Crippen LogP contribution in [-0.2, 0) is 14.3 Å². The fraction of sp³-hybridized carbons (Fsp3) is 0.769. The van der Waals surface area contributed by atoms with Gasteiger partial charge in [-0.15, -0.1) is 0 Å². The van der Waals surface area contributed by atoms with Gasteiger partial charge in [-0.3, -0.25) is 19.8 Å². The lowest BCUT2D eigenvalue weighted by Crippen LogP contribution is -2.44.